The van der Waals surface area contributed by atoms with Crippen LogP contribution in [0.5, 0.6) is 0 Å². The summed E-state index contributed by atoms with van der Waals surface area (Å²) in [7, 11) is 0. The van der Waals surface area contributed by atoms with E-state index in [0.717, 1.165) is 25.2 Å². The Bertz CT molecular complexity index is 918. The van der Waals surface area contributed by atoms with Crippen LogP contribution in [0.1, 0.15) is 34.0 Å². The molecule has 0 unspecified atom stereocenters. The SMILES string of the molecule is Cc1ccc(CN2CCN(Cc3ccccc3F)[C@@H]2c2ccc(C)cc2)cc1. The van der Waals surface area contributed by atoms with Gasteiger partial charge in [-0.2, -0.15) is 0 Å². The van der Waals surface area contributed by atoms with Crippen LogP contribution in [0.2, 0.25) is 0 Å². The smallest absolute Gasteiger partial charge is 0.127 e. The molecule has 4 rings (SSSR count). The van der Waals surface area contributed by atoms with E-state index in [1.54, 1.807) is 12.1 Å². The van der Waals surface area contributed by atoms with Gasteiger partial charge in [-0.1, -0.05) is 77.9 Å². The Labute approximate surface area is 167 Å². The van der Waals surface area contributed by atoms with Gasteiger partial charge in [0.15, 0.2) is 0 Å². The third kappa shape index (κ3) is 4.16. The zero-order valence-electron chi connectivity index (χ0n) is 16.6. The predicted octanol–water partition coefficient (Wildman–Crippen LogP) is 5.46. The summed E-state index contributed by atoms with van der Waals surface area (Å²) >= 11 is 0. The van der Waals surface area contributed by atoms with Gasteiger partial charge in [0.25, 0.3) is 0 Å². The largest absolute Gasteiger partial charge is 0.279 e. The van der Waals surface area contributed by atoms with Gasteiger partial charge in [-0.25, -0.2) is 4.39 Å². The van der Waals surface area contributed by atoms with Gasteiger partial charge in [0.05, 0.1) is 6.17 Å². The molecule has 3 aromatic carbocycles. The average molecular weight is 375 g/mol. The fraction of sp³-hybridized carbons (Fsp3) is 0.280. The maximum atomic E-state index is 14.3. The molecule has 1 saturated heterocycles. The van der Waals surface area contributed by atoms with E-state index in [2.05, 4.69) is 72.2 Å². The molecule has 0 saturated carbocycles. The summed E-state index contributed by atoms with van der Waals surface area (Å²) in [6, 6.07) is 24.6. The zero-order valence-corrected chi connectivity index (χ0v) is 16.6. The third-order valence-corrected chi connectivity index (χ3v) is 5.58. The van der Waals surface area contributed by atoms with Crippen molar-refractivity contribution < 1.29 is 4.39 Å². The Hall–Kier alpha value is -2.49. The number of halogens is 1. The van der Waals surface area contributed by atoms with Crippen LogP contribution in [0.25, 0.3) is 0 Å². The molecule has 3 aromatic rings. The molecule has 0 N–H and O–H groups in total. The van der Waals surface area contributed by atoms with Gasteiger partial charge in [-0.3, -0.25) is 9.80 Å². The van der Waals surface area contributed by atoms with Gasteiger partial charge in [0.2, 0.25) is 0 Å². The molecule has 0 amide bonds. The van der Waals surface area contributed by atoms with Crippen LogP contribution >= 0.6 is 0 Å². The highest BCUT2D eigenvalue weighted by molar-refractivity contribution is 5.27. The van der Waals surface area contributed by atoms with Crippen molar-refractivity contribution in [1.29, 1.82) is 0 Å². The topological polar surface area (TPSA) is 6.48 Å². The number of benzene rings is 3. The van der Waals surface area contributed by atoms with E-state index in [1.165, 1.54) is 22.3 Å². The molecule has 2 nitrogen and oxygen atoms in total. The second-order valence-electron chi connectivity index (χ2n) is 7.80. The van der Waals surface area contributed by atoms with E-state index in [1.807, 2.05) is 12.1 Å². The summed E-state index contributed by atoms with van der Waals surface area (Å²) in [5, 5.41) is 0. The Balaban J connectivity index is 1.61. The summed E-state index contributed by atoms with van der Waals surface area (Å²) in [4.78, 5) is 4.88. The third-order valence-electron chi connectivity index (χ3n) is 5.58. The predicted molar refractivity (Wildman–Crippen MR) is 112 cm³/mol. The first-order chi connectivity index (χ1) is 13.6. The number of nitrogens with zero attached hydrogens (tertiary/aromatic N) is 2. The minimum Gasteiger partial charge on any atom is -0.279 e. The molecule has 0 aliphatic carbocycles. The molecule has 144 valence electrons. The molecule has 1 heterocycles. The van der Waals surface area contributed by atoms with E-state index in [4.69, 9.17) is 0 Å². The van der Waals surface area contributed by atoms with Crippen molar-refractivity contribution in [2.24, 2.45) is 0 Å². The van der Waals surface area contributed by atoms with Crippen molar-refractivity contribution in [3.63, 3.8) is 0 Å². The Morgan fingerprint density at radius 1 is 0.750 bits per heavy atom. The van der Waals surface area contributed by atoms with Gasteiger partial charge in [0, 0.05) is 31.7 Å². The molecular weight excluding hydrogens is 347 g/mol. The molecule has 1 aliphatic rings. The van der Waals surface area contributed by atoms with E-state index >= 15 is 0 Å². The fourth-order valence-corrected chi connectivity index (χ4v) is 4.00. The average Bonchev–Trinajstić information content (AvgIpc) is 3.08. The van der Waals surface area contributed by atoms with E-state index in [9.17, 15) is 4.39 Å². The first-order valence-corrected chi connectivity index (χ1v) is 9.94. The standard InChI is InChI=1S/C25H27FN2/c1-19-7-11-21(12-8-19)17-27-15-16-28(18-23-5-3-4-6-24(23)26)25(27)22-13-9-20(2)10-14-22/h3-14,25H,15-18H2,1-2H3/t25-/m1/s1. The van der Waals surface area contributed by atoms with Crippen LogP contribution < -0.4 is 0 Å². The maximum Gasteiger partial charge on any atom is 0.127 e. The zero-order chi connectivity index (χ0) is 19.5. The molecule has 3 heteroatoms. The van der Waals surface area contributed by atoms with Crippen molar-refractivity contribution >= 4 is 0 Å². The van der Waals surface area contributed by atoms with Crippen molar-refractivity contribution in [3.05, 3.63) is 106 Å². The van der Waals surface area contributed by atoms with Crippen molar-refractivity contribution in [2.45, 2.75) is 33.1 Å². The van der Waals surface area contributed by atoms with Gasteiger partial charge in [-0.05, 0) is 31.0 Å². The maximum absolute atomic E-state index is 14.3. The molecule has 1 fully saturated rings. The quantitative estimate of drug-likeness (QED) is 0.585. The van der Waals surface area contributed by atoms with Crippen molar-refractivity contribution in [3.8, 4) is 0 Å². The highest BCUT2D eigenvalue weighted by atomic mass is 19.1. The van der Waals surface area contributed by atoms with Crippen LogP contribution in [0.15, 0.2) is 72.8 Å². The highest BCUT2D eigenvalue weighted by Crippen LogP contribution is 2.33. The monoisotopic (exact) mass is 374 g/mol. The number of hydrogen-bond donors (Lipinski definition) is 0. The second-order valence-corrected chi connectivity index (χ2v) is 7.80. The van der Waals surface area contributed by atoms with Gasteiger partial charge < -0.3 is 0 Å². The highest BCUT2D eigenvalue weighted by Gasteiger charge is 2.33. The van der Waals surface area contributed by atoms with Crippen LogP contribution in [0.3, 0.4) is 0 Å². The Morgan fingerprint density at radius 3 is 1.96 bits per heavy atom. The van der Waals surface area contributed by atoms with E-state index in [0.29, 0.717) is 6.54 Å². The van der Waals surface area contributed by atoms with E-state index in [-0.39, 0.29) is 12.0 Å². The molecule has 0 aromatic heterocycles. The van der Waals surface area contributed by atoms with Crippen molar-refractivity contribution in [1.82, 2.24) is 9.80 Å². The molecular formula is C25H27FN2. The normalized spacial score (nSPS) is 17.9. The fourth-order valence-electron chi connectivity index (χ4n) is 4.00. The van der Waals surface area contributed by atoms with Crippen LogP contribution in [0, 0.1) is 19.7 Å². The first-order valence-electron chi connectivity index (χ1n) is 9.94. The minimum atomic E-state index is -0.123. The summed E-state index contributed by atoms with van der Waals surface area (Å²) in [5.74, 6) is -0.123. The number of aryl methyl sites for hydroxylation is 2. The molecule has 0 radical (unpaired) electrons. The second kappa shape index (κ2) is 8.26. The summed E-state index contributed by atoms with van der Waals surface area (Å²) < 4.78 is 14.3. The lowest BCUT2D eigenvalue weighted by Crippen LogP contribution is -2.30. The number of rotatable bonds is 5. The van der Waals surface area contributed by atoms with Crippen LogP contribution in [0.4, 0.5) is 4.39 Å². The van der Waals surface area contributed by atoms with E-state index < -0.39 is 0 Å². The Morgan fingerprint density at radius 2 is 1.32 bits per heavy atom. The van der Waals surface area contributed by atoms with Crippen molar-refractivity contribution in [2.75, 3.05) is 13.1 Å². The molecule has 1 aliphatic heterocycles. The minimum absolute atomic E-state index is 0.123. The summed E-state index contributed by atoms with van der Waals surface area (Å²) in [6.07, 6.45) is 0.154. The lowest BCUT2D eigenvalue weighted by atomic mass is 10.1. The lowest BCUT2D eigenvalue weighted by Gasteiger charge is -2.31. The first kappa shape index (κ1) is 18.9. The molecule has 0 bridgehead atoms. The van der Waals surface area contributed by atoms with Gasteiger partial charge in [-0.15, -0.1) is 0 Å². The van der Waals surface area contributed by atoms with Gasteiger partial charge >= 0.3 is 0 Å². The van der Waals surface area contributed by atoms with Gasteiger partial charge in [0.1, 0.15) is 5.82 Å². The molecule has 0 spiro atoms. The van der Waals surface area contributed by atoms with Crippen LogP contribution in [-0.4, -0.2) is 22.9 Å². The molecule has 28 heavy (non-hydrogen) atoms. The summed E-state index contributed by atoms with van der Waals surface area (Å²) in [5.41, 5.74) is 5.88. The molecule has 1 atom stereocenters. The summed E-state index contributed by atoms with van der Waals surface area (Å²) in [6.45, 7) is 7.65. The lowest BCUT2D eigenvalue weighted by molar-refractivity contribution is 0.125. The van der Waals surface area contributed by atoms with Crippen LogP contribution in [-0.2, 0) is 13.1 Å². The Kier molecular flexibility index (Phi) is 5.56. The number of hydrogen-bond acceptors (Lipinski definition) is 2.